The monoisotopic (exact) mass is 344 g/mol. The number of hydrogen-bond acceptors (Lipinski definition) is 6. The number of thiazole rings is 1. The van der Waals surface area contributed by atoms with Crippen molar-refractivity contribution in [2.24, 2.45) is 5.10 Å². The minimum atomic E-state index is -0.419. The molecular weight excluding hydrogens is 328 g/mol. The average molecular weight is 344 g/mol. The van der Waals surface area contributed by atoms with E-state index in [2.05, 4.69) is 20.8 Å². The minimum absolute atomic E-state index is 0.200. The van der Waals surface area contributed by atoms with E-state index in [1.165, 1.54) is 16.2 Å². The number of nitrogens with one attached hydrogen (secondary N) is 2. The maximum absolute atomic E-state index is 12.1. The van der Waals surface area contributed by atoms with Crippen molar-refractivity contribution in [1.29, 1.82) is 0 Å². The molecule has 5 nitrogen and oxygen atoms in total. The third-order valence-electron chi connectivity index (χ3n) is 3.15. The Balaban J connectivity index is 1.57. The van der Waals surface area contributed by atoms with Crippen LogP contribution in [0.25, 0.3) is 10.2 Å². The zero-order valence-corrected chi connectivity index (χ0v) is 14.4. The highest BCUT2D eigenvalue weighted by Gasteiger charge is 2.14. The molecule has 1 atom stereocenters. The van der Waals surface area contributed by atoms with E-state index >= 15 is 0 Å². The van der Waals surface area contributed by atoms with Crippen molar-refractivity contribution in [1.82, 2.24) is 10.4 Å². The fourth-order valence-electron chi connectivity index (χ4n) is 1.96. The van der Waals surface area contributed by atoms with E-state index in [1.807, 2.05) is 43.3 Å². The summed E-state index contributed by atoms with van der Waals surface area (Å²) in [6.07, 6.45) is 1.65. The second-order valence-electron chi connectivity index (χ2n) is 5.04. The van der Waals surface area contributed by atoms with Crippen molar-refractivity contribution >= 4 is 50.1 Å². The minimum Gasteiger partial charge on any atom is -0.350 e. The molecule has 2 aromatic heterocycles. The highest BCUT2D eigenvalue weighted by molar-refractivity contribution is 7.22. The topological polar surface area (TPSA) is 66.4 Å². The molecule has 1 aromatic carbocycles. The Morgan fingerprint density at radius 1 is 1.26 bits per heavy atom. The summed E-state index contributed by atoms with van der Waals surface area (Å²) in [6.45, 7) is 3.82. The van der Waals surface area contributed by atoms with Crippen LogP contribution in [0.3, 0.4) is 0 Å². The van der Waals surface area contributed by atoms with Crippen LogP contribution in [-0.4, -0.2) is 23.1 Å². The van der Waals surface area contributed by atoms with Crippen LogP contribution in [-0.2, 0) is 4.79 Å². The third-order valence-corrected chi connectivity index (χ3v) is 5.06. The zero-order valence-electron chi connectivity index (χ0n) is 12.7. The van der Waals surface area contributed by atoms with Gasteiger partial charge in [-0.3, -0.25) is 4.79 Å². The van der Waals surface area contributed by atoms with Gasteiger partial charge in [0.1, 0.15) is 6.04 Å². The number of carbonyl (C=O) groups excluding carboxylic acids is 1. The van der Waals surface area contributed by atoms with Crippen LogP contribution >= 0.6 is 22.7 Å². The summed E-state index contributed by atoms with van der Waals surface area (Å²) in [5, 5.41) is 7.83. The lowest BCUT2D eigenvalue weighted by Gasteiger charge is -2.10. The van der Waals surface area contributed by atoms with Crippen LogP contribution < -0.4 is 10.7 Å². The fraction of sp³-hybridized carbons (Fsp3) is 0.188. The number of nitrogens with zero attached hydrogens (tertiary/aromatic N) is 2. The molecule has 3 rings (SSSR count). The number of fused-ring (bicyclic) bond motifs is 1. The number of amides is 1. The first-order valence-corrected chi connectivity index (χ1v) is 8.76. The molecular formula is C16H16N4OS2. The van der Waals surface area contributed by atoms with Crippen LogP contribution in [0.1, 0.15) is 16.7 Å². The van der Waals surface area contributed by atoms with Gasteiger partial charge in [-0.25, -0.2) is 10.4 Å². The smallest absolute Gasteiger partial charge is 0.262 e. The quantitative estimate of drug-likeness (QED) is 0.549. The molecule has 0 saturated carbocycles. The molecule has 0 aliphatic heterocycles. The number of hydrazone groups is 1. The van der Waals surface area contributed by atoms with E-state index in [1.54, 1.807) is 24.5 Å². The number of aryl methyl sites for hydroxylation is 1. The van der Waals surface area contributed by atoms with Crippen LogP contribution in [0.4, 0.5) is 5.13 Å². The lowest BCUT2D eigenvalue weighted by Crippen LogP contribution is -2.34. The van der Waals surface area contributed by atoms with Crippen LogP contribution in [0.2, 0.25) is 0 Å². The molecule has 0 spiro atoms. The Morgan fingerprint density at radius 2 is 2.09 bits per heavy atom. The van der Waals surface area contributed by atoms with Crippen molar-refractivity contribution < 1.29 is 4.79 Å². The van der Waals surface area contributed by atoms with Crippen LogP contribution in [0.15, 0.2) is 41.5 Å². The molecule has 23 heavy (non-hydrogen) atoms. The Labute approximate surface area is 142 Å². The number of benzene rings is 1. The van der Waals surface area contributed by atoms with Gasteiger partial charge in [-0.15, -0.1) is 11.3 Å². The number of rotatable bonds is 5. The highest BCUT2D eigenvalue weighted by atomic mass is 32.1. The van der Waals surface area contributed by atoms with Gasteiger partial charge in [0.2, 0.25) is 0 Å². The summed E-state index contributed by atoms with van der Waals surface area (Å²) in [6, 6.07) is 11.5. The van der Waals surface area contributed by atoms with Gasteiger partial charge >= 0.3 is 0 Å². The summed E-state index contributed by atoms with van der Waals surface area (Å²) >= 11 is 3.16. The first-order chi connectivity index (χ1) is 11.1. The first-order valence-electron chi connectivity index (χ1n) is 7.13. The van der Waals surface area contributed by atoms with E-state index < -0.39 is 6.04 Å². The molecule has 1 amide bonds. The Kier molecular flexibility index (Phi) is 4.68. The predicted molar refractivity (Wildman–Crippen MR) is 97.5 cm³/mol. The number of anilines is 1. The number of carbonyl (C=O) groups is 1. The molecule has 0 aliphatic rings. The Bertz CT molecular complexity index is 820. The molecule has 2 heterocycles. The van der Waals surface area contributed by atoms with E-state index in [0.29, 0.717) is 0 Å². The van der Waals surface area contributed by atoms with E-state index in [4.69, 9.17) is 0 Å². The second-order valence-corrected chi connectivity index (χ2v) is 7.39. The maximum Gasteiger partial charge on any atom is 0.262 e. The van der Waals surface area contributed by atoms with Gasteiger partial charge in [0.25, 0.3) is 5.91 Å². The van der Waals surface area contributed by atoms with Gasteiger partial charge in [-0.05, 0) is 38.1 Å². The Hall–Kier alpha value is -2.25. The summed E-state index contributed by atoms with van der Waals surface area (Å²) in [5.41, 5.74) is 3.48. The normalized spacial score (nSPS) is 12.6. The molecule has 0 bridgehead atoms. The summed E-state index contributed by atoms with van der Waals surface area (Å²) in [5.74, 6) is -0.200. The van der Waals surface area contributed by atoms with Gasteiger partial charge in [0.05, 0.1) is 16.4 Å². The first kappa shape index (κ1) is 15.6. The zero-order chi connectivity index (χ0) is 16.2. The molecule has 0 fully saturated rings. The molecule has 0 unspecified atom stereocenters. The lowest BCUT2D eigenvalue weighted by molar-refractivity contribution is -0.121. The van der Waals surface area contributed by atoms with Gasteiger partial charge in [-0.2, -0.15) is 5.10 Å². The van der Waals surface area contributed by atoms with Crippen molar-refractivity contribution in [2.75, 3.05) is 5.32 Å². The van der Waals surface area contributed by atoms with E-state index in [0.717, 1.165) is 20.2 Å². The summed E-state index contributed by atoms with van der Waals surface area (Å²) in [7, 11) is 0. The average Bonchev–Trinajstić information content (AvgIpc) is 3.12. The number of aromatic nitrogens is 1. The van der Waals surface area contributed by atoms with Gasteiger partial charge in [0.15, 0.2) is 5.13 Å². The SMILES string of the molecule is Cc1ccc(/C=N\NC(=O)[C@H](C)Nc2nc3ccccc3s2)s1. The van der Waals surface area contributed by atoms with Crippen molar-refractivity contribution in [3.05, 3.63) is 46.2 Å². The van der Waals surface area contributed by atoms with Gasteiger partial charge < -0.3 is 5.32 Å². The third kappa shape index (κ3) is 3.94. The molecule has 0 saturated heterocycles. The van der Waals surface area contributed by atoms with E-state index in [9.17, 15) is 4.79 Å². The molecule has 2 N–H and O–H groups in total. The largest absolute Gasteiger partial charge is 0.350 e. The molecule has 118 valence electrons. The maximum atomic E-state index is 12.1. The van der Waals surface area contributed by atoms with E-state index in [-0.39, 0.29) is 5.91 Å². The van der Waals surface area contributed by atoms with Crippen LogP contribution in [0.5, 0.6) is 0 Å². The number of para-hydroxylation sites is 1. The molecule has 7 heteroatoms. The predicted octanol–water partition coefficient (Wildman–Crippen LogP) is 3.62. The van der Waals surface area contributed by atoms with Gasteiger partial charge in [0, 0.05) is 9.75 Å². The second kappa shape index (κ2) is 6.89. The molecule has 0 aliphatic carbocycles. The Morgan fingerprint density at radius 3 is 2.83 bits per heavy atom. The number of thiophene rings is 1. The summed E-state index contributed by atoms with van der Waals surface area (Å²) < 4.78 is 1.09. The van der Waals surface area contributed by atoms with Crippen molar-refractivity contribution in [3.63, 3.8) is 0 Å². The summed E-state index contributed by atoms with van der Waals surface area (Å²) in [4.78, 5) is 18.7. The van der Waals surface area contributed by atoms with Crippen LogP contribution in [0, 0.1) is 6.92 Å². The molecule has 0 radical (unpaired) electrons. The fourth-order valence-corrected chi connectivity index (χ4v) is 3.67. The lowest BCUT2D eigenvalue weighted by atomic mass is 10.3. The van der Waals surface area contributed by atoms with Crippen molar-refractivity contribution in [3.8, 4) is 0 Å². The highest BCUT2D eigenvalue weighted by Crippen LogP contribution is 2.25. The number of hydrogen-bond donors (Lipinski definition) is 2. The van der Waals surface area contributed by atoms with Crippen molar-refractivity contribution in [2.45, 2.75) is 19.9 Å². The van der Waals surface area contributed by atoms with Gasteiger partial charge in [-0.1, -0.05) is 23.5 Å². The molecule has 3 aromatic rings. The standard InChI is InChI=1S/C16H16N4OS2/c1-10-7-8-12(22-10)9-17-20-15(21)11(2)18-16-19-13-5-3-4-6-14(13)23-16/h3-9,11H,1-2H3,(H,18,19)(H,20,21)/b17-9-/t11-/m0/s1.